The van der Waals surface area contributed by atoms with Gasteiger partial charge in [-0.05, 0) is 35.3 Å². The summed E-state index contributed by atoms with van der Waals surface area (Å²) in [6.07, 6.45) is 0. The fourth-order valence-corrected chi connectivity index (χ4v) is 2.69. The van der Waals surface area contributed by atoms with E-state index in [0.29, 0.717) is 10.4 Å². The highest BCUT2D eigenvalue weighted by Gasteiger charge is 2.15. The van der Waals surface area contributed by atoms with Crippen molar-refractivity contribution >= 4 is 33.0 Å². The molecule has 1 heterocycles. The van der Waals surface area contributed by atoms with E-state index in [1.165, 1.54) is 18.3 Å². The number of carbonyl (C=O) groups excluding carboxylic acids is 1. The summed E-state index contributed by atoms with van der Waals surface area (Å²) in [5.41, 5.74) is 1.35. The molecule has 0 aliphatic carbocycles. The number of hydrogen-bond acceptors (Lipinski definition) is 3. The third-order valence-electron chi connectivity index (χ3n) is 1.54. The van der Waals surface area contributed by atoms with Crippen molar-refractivity contribution in [2.24, 2.45) is 0 Å². The van der Waals surface area contributed by atoms with Crippen LogP contribution in [-0.4, -0.2) is 5.78 Å². The molecule has 12 heavy (non-hydrogen) atoms. The van der Waals surface area contributed by atoms with Gasteiger partial charge >= 0.3 is 0 Å². The zero-order valence-corrected chi connectivity index (χ0v) is 9.04. The zero-order valence-electron chi connectivity index (χ0n) is 6.64. The summed E-state index contributed by atoms with van der Waals surface area (Å²) < 4.78 is 0.743. The lowest BCUT2D eigenvalue weighted by Crippen LogP contribution is -1.90. The number of thiophene rings is 1. The molecular formula is C8H6BrNOS. The van der Waals surface area contributed by atoms with Crippen molar-refractivity contribution in [3.8, 4) is 6.07 Å². The topological polar surface area (TPSA) is 40.9 Å². The second-order valence-electron chi connectivity index (χ2n) is 2.37. The van der Waals surface area contributed by atoms with Crippen LogP contribution in [0.1, 0.15) is 27.7 Å². The summed E-state index contributed by atoms with van der Waals surface area (Å²) in [4.78, 5) is 11.7. The second-order valence-corrected chi connectivity index (χ2v) is 4.71. The van der Waals surface area contributed by atoms with Gasteiger partial charge in [0, 0.05) is 0 Å². The zero-order chi connectivity index (χ0) is 9.30. The number of nitrogens with zero attached hydrogens (tertiary/aromatic N) is 1. The van der Waals surface area contributed by atoms with E-state index in [9.17, 15) is 4.79 Å². The first-order valence-electron chi connectivity index (χ1n) is 3.27. The third-order valence-corrected chi connectivity index (χ3v) is 3.60. The first kappa shape index (κ1) is 9.43. The summed E-state index contributed by atoms with van der Waals surface area (Å²) in [6, 6.07) is 2.05. The number of Topliss-reactive ketones (excluding diaryl/α,β-unsaturated/α-hetero) is 1. The molecule has 0 saturated carbocycles. The Morgan fingerprint density at radius 2 is 2.25 bits per heavy atom. The lowest BCUT2D eigenvalue weighted by atomic mass is 10.1. The Labute approximate surface area is 83.0 Å². The van der Waals surface area contributed by atoms with E-state index >= 15 is 0 Å². The minimum Gasteiger partial charge on any atom is -0.294 e. The maximum absolute atomic E-state index is 11.0. The van der Waals surface area contributed by atoms with E-state index in [1.807, 2.05) is 0 Å². The highest BCUT2D eigenvalue weighted by Crippen LogP contribution is 2.32. The Kier molecular flexibility index (Phi) is 2.65. The first-order chi connectivity index (χ1) is 5.57. The van der Waals surface area contributed by atoms with Crippen LogP contribution in [0.3, 0.4) is 0 Å². The third kappa shape index (κ3) is 1.43. The minimum atomic E-state index is 0.0136. The Balaban J connectivity index is 3.39. The fraction of sp³-hybridized carbons (Fsp3) is 0.250. The predicted molar refractivity (Wildman–Crippen MR) is 51.5 cm³/mol. The van der Waals surface area contributed by atoms with Gasteiger partial charge in [0.2, 0.25) is 0 Å². The molecule has 0 spiro atoms. The van der Waals surface area contributed by atoms with Crippen LogP contribution in [0.5, 0.6) is 0 Å². The van der Waals surface area contributed by atoms with Gasteiger partial charge in [-0.3, -0.25) is 4.79 Å². The summed E-state index contributed by atoms with van der Waals surface area (Å²) in [7, 11) is 0. The number of hydrogen-bond donors (Lipinski definition) is 0. The number of rotatable bonds is 1. The van der Waals surface area contributed by atoms with Crippen molar-refractivity contribution in [3.63, 3.8) is 0 Å². The summed E-state index contributed by atoms with van der Waals surface area (Å²) >= 11 is 4.56. The molecule has 0 amide bonds. The minimum absolute atomic E-state index is 0.0136. The van der Waals surface area contributed by atoms with Crippen molar-refractivity contribution in [1.29, 1.82) is 5.26 Å². The van der Waals surface area contributed by atoms with Gasteiger partial charge in [-0.15, -0.1) is 11.3 Å². The molecule has 0 unspecified atom stereocenters. The fourth-order valence-electron chi connectivity index (χ4n) is 0.942. The molecule has 0 radical (unpaired) electrons. The SMILES string of the molecule is CC(=O)c1sc(Br)c(C#N)c1C. The number of halogens is 1. The van der Waals surface area contributed by atoms with Gasteiger partial charge in [0.05, 0.1) is 14.2 Å². The van der Waals surface area contributed by atoms with Crippen LogP contribution in [-0.2, 0) is 0 Å². The molecule has 1 aromatic heterocycles. The van der Waals surface area contributed by atoms with Crippen molar-refractivity contribution in [2.45, 2.75) is 13.8 Å². The molecule has 1 aromatic rings. The van der Waals surface area contributed by atoms with E-state index in [4.69, 9.17) is 5.26 Å². The Hall–Kier alpha value is -0.660. The van der Waals surface area contributed by atoms with Crippen molar-refractivity contribution in [3.05, 3.63) is 19.8 Å². The standard InChI is InChI=1S/C8H6BrNOS/c1-4-6(3-10)8(9)12-7(4)5(2)11/h1-2H3. The van der Waals surface area contributed by atoms with Crippen LogP contribution in [0, 0.1) is 18.3 Å². The maximum Gasteiger partial charge on any atom is 0.170 e. The number of nitriles is 1. The molecule has 62 valence electrons. The monoisotopic (exact) mass is 243 g/mol. The lowest BCUT2D eigenvalue weighted by Gasteiger charge is -1.89. The molecule has 0 aliphatic heterocycles. The van der Waals surface area contributed by atoms with Gasteiger partial charge in [0.1, 0.15) is 6.07 Å². The average Bonchev–Trinajstić information content (AvgIpc) is 2.27. The summed E-state index contributed by atoms with van der Waals surface area (Å²) in [5, 5.41) is 8.71. The second kappa shape index (κ2) is 3.38. The Morgan fingerprint density at radius 1 is 1.67 bits per heavy atom. The summed E-state index contributed by atoms with van der Waals surface area (Å²) in [6.45, 7) is 3.29. The highest BCUT2D eigenvalue weighted by molar-refractivity contribution is 9.11. The quantitative estimate of drug-likeness (QED) is 0.712. The van der Waals surface area contributed by atoms with Gasteiger partial charge in [-0.2, -0.15) is 5.26 Å². The van der Waals surface area contributed by atoms with Gasteiger partial charge in [-0.25, -0.2) is 0 Å². The number of carbonyl (C=O) groups is 1. The molecule has 0 aromatic carbocycles. The molecule has 0 bridgehead atoms. The van der Waals surface area contributed by atoms with E-state index in [1.54, 1.807) is 6.92 Å². The molecule has 0 fully saturated rings. The van der Waals surface area contributed by atoms with E-state index < -0.39 is 0 Å². The summed E-state index contributed by atoms with van der Waals surface area (Å²) in [5.74, 6) is 0.0136. The van der Waals surface area contributed by atoms with E-state index in [-0.39, 0.29) is 5.78 Å². The molecule has 0 N–H and O–H groups in total. The maximum atomic E-state index is 11.0. The molecule has 4 heteroatoms. The molecule has 2 nitrogen and oxygen atoms in total. The van der Waals surface area contributed by atoms with Gasteiger partial charge in [0.15, 0.2) is 5.78 Å². The first-order valence-corrected chi connectivity index (χ1v) is 4.88. The molecule has 0 saturated heterocycles. The Morgan fingerprint density at radius 3 is 2.50 bits per heavy atom. The van der Waals surface area contributed by atoms with Crippen molar-refractivity contribution in [1.82, 2.24) is 0 Å². The molecule has 0 aliphatic rings. The van der Waals surface area contributed by atoms with Crippen LogP contribution >= 0.6 is 27.3 Å². The van der Waals surface area contributed by atoms with Gasteiger partial charge in [-0.1, -0.05) is 0 Å². The lowest BCUT2D eigenvalue weighted by molar-refractivity contribution is 0.102. The largest absolute Gasteiger partial charge is 0.294 e. The molecule has 0 atom stereocenters. The predicted octanol–water partition coefficient (Wildman–Crippen LogP) is 2.89. The van der Waals surface area contributed by atoms with Crippen LogP contribution in [0.2, 0.25) is 0 Å². The van der Waals surface area contributed by atoms with Gasteiger partial charge < -0.3 is 0 Å². The average molecular weight is 244 g/mol. The van der Waals surface area contributed by atoms with Crippen LogP contribution in [0.4, 0.5) is 0 Å². The van der Waals surface area contributed by atoms with E-state index in [2.05, 4.69) is 22.0 Å². The molecule has 1 rings (SSSR count). The van der Waals surface area contributed by atoms with E-state index in [0.717, 1.165) is 9.35 Å². The van der Waals surface area contributed by atoms with Crippen LogP contribution in [0.25, 0.3) is 0 Å². The normalized spacial score (nSPS) is 9.50. The number of ketones is 1. The Bertz CT molecular complexity index is 375. The molecular weight excluding hydrogens is 238 g/mol. The van der Waals surface area contributed by atoms with Crippen molar-refractivity contribution in [2.75, 3.05) is 0 Å². The van der Waals surface area contributed by atoms with Crippen molar-refractivity contribution < 1.29 is 4.79 Å². The highest BCUT2D eigenvalue weighted by atomic mass is 79.9. The smallest absolute Gasteiger partial charge is 0.170 e. The van der Waals surface area contributed by atoms with Crippen LogP contribution in [0.15, 0.2) is 3.79 Å². The van der Waals surface area contributed by atoms with Gasteiger partial charge in [0.25, 0.3) is 0 Å². The van der Waals surface area contributed by atoms with Crippen LogP contribution < -0.4 is 0 Å².